The van der Waals surface area contributed by atoms with Crippen LogP contribution in [0.25, 0.3) is 0 Å². The molecule has 2 nitrogen and oxygen atoms in total. The molecule has 106 valence electrons. The molecule has 0 amide bonds. The van der Waals surface area contributed by atoms with Crippen LogP contribution in [0.5, 0.6) is 5.75 Å². The molecule has 3 rings (SSSR count). The van der Waals surface area contributed by atoms with E-state index in [9.17, 15) is 0 Å². The Balaban J connectivity index is 1.83. The zero-order chi connectivity index (χ0) is 14.1. The van der Waals surface area contributed by atoms with Gasteiger partial charge < -0.3 is 10.5 Å². The minimum absolute atomic E-state index is 0.0474. The summed E-state index contributed by atoms with van der Waals surface area (Å²) in [5, 5.41) is 0. The Hall–Kier alpha value is -0.840. The highest BCUT2D eigenvalue weighted by Gasteiger charge is 2.21. The van der Waals surface area contributed by atoms with Crippen LogP contribution in [0.1, 0.15) is 35.5 Å². The molecule has 1 aromatic carbocycles. The van der Waals surface area contributed by atoms with E-state index in [2.05, 4.69) is 40.2 Å². The molecule has 0 fully saturated rings. The maximum absolute atomic E-state index is 6.17. The van der Waals surface area contributed by atoms with Crippen molar-refractivity contribution in [3.8, 4) is 5.75 Å². The summed E-state index contributed by atoms with van der Waals surface area (Å²) in [4.78, 5) is 1.16. The lowest BCUT2D eigenvalue weighted by molar-refractivity contribution is 0.184. The minimum atomic E-state index is -0.0919. The van der Waals surface area contributed by atoms with E-state index in [0.29, 0.717) is 0 Å². The predicted octanol–water partition coefficient (Wildman–Crippen LogP) is 4.47. The third-order valence-corrected chi connectivity index (χ3v) is 5.37. The Morgan fingerprint density at radius 1 is 1.20 bits per heavy atom. The Labute approximate surface area is 132 Å². The van der Waals surface area contributed by atoms with Crippen LogP contribution in [-0.4, -0.2) is 6.04 Å². The molecule has 0 radical (unpaired) electrons. The van der Waals surface area contributed by atoms with Gasteiger partial charge in [-0.3, -0.25) is 0 Å². The van der Waals surface area contributed by atoms with Crippen LogP contribution in [0.3, 0.4) is 0 Å². The average molecular weight is 352 g/mol. The highest BCUT2D eigenvalue weighted by molar-refractivity contribution is 9.11. The summed E-state index contributed by atoms with van der Waals surface area (Å²) in [7, 11) is 0. The van der Waals surface area contributed by atoms with Gasteiger partial charge in [0.1, 0.15) is 11.9 Å². The van der Waals surface area contributed by atoms with Gasteiger partial charge in [0.25, 0.3) is 0 Å². The quantitative estimate of drug-likeness (QED) is 0.881. The van der Waals surface area contributed by atoms with Gasteiger partial charge in [0.05, 0.1) is 3.79 Å². The maximum Gasteiger partial charge on any atom is 0.148 e. The summed E-state index contributed by atoms with van der Waals surface area (Å²) in [5.41, 5.74) is 9.00. The van der Waals surface area contributed by atoms with Crippen molar-refractivity contribution in [2.75, 3.05) is 0 Å². The third kappa shape index (κ3) is 2.92. The number of ether oxygens (including phenoxy) is 1. The van der Waals surface area contributed by atoms with Gasteiger partial charge in [0.15, 0.2) is 0 Å². The first-order valence-electron chi connectivity index (χ1n) is 6.93. The van der Waals surface area contributed by atoms with Gasteiger partial charge >= 0.3 is 0 Å². The fraction of sp³-hybridized carbons (Fsp3) is 0.375. The molecular formula is C16H18BrNOS. The molecule has 1 aliphatic rings. The second kappa shape index (κ2) is 5.88. The van der Waals surface area contributed by atoms with Crippen molar-refractivity contribution < 1.29 is 4.74 Å². The largest absolute Gasteiger partial charge is 0.483 e. The standard InChI is InChI=1S/C16H18BrNOS/c1-10(18)16(14-7-8-15(17)20-14)19-13-6-5-11-3-2-4-12(11)9-13/h5-10,16H,2-4,18H2,1H3. The molecule has 4 heteroatoms. The number of hydrogen-bond donors (Lipinski definition) is 1. The highest BCUT2D eigenvalue weighted by atomic mass is 79.9. The number of halogens is 1. The predicted molar refractivity (Wildman–Crippen MR) is 87.5 cm³/mol. The number of thiophene rings is 1. The molecule has 0 bridgehead atoms. The van der Waals surface area contributed by atoms with Gasteiger partial charge in [-0.1, -0.05) is 6.07 Å². The molecular weight excluding hydrogens is 334 g/mol. The summed E-state index contributed by atoms with van der Waals surface area (Å²) in [6.45, 7) is 1.99. The number of nitrogens with two attached hydrogens (primary N) is 1. The topological polar surface area (TPSA) is 35.2 Å². The third-order valence-electron chi connectivity index (χ3n) is 3.68. The first-order chi connectivity index (χ1) is 9.63. The number of aryl methyl sites for hydroxylation is 2. The van der Waals surface area contributed by atoms with Gasteiger partial charge in [0, 0.05) is 10.9 Å². The Bertz CT molecular complexity index is 608. The van der Waals surface area contributed by atoms with E-state index in [1.807, 2.05) is 13.0 Å². The van der Waals surface area contributed by atoms with Gasteiger partial charge in [-0.05, 0) is 77.5 Å². The van der Waals surface area contributed by atoms with E-state index in [1.54, 1.807) is 11.3 Å². The molecule has 0 spiro atoms. The molecule has 2 unspecified atom stereocenters. The smallest absolute Gasteiger partial charge is 0.148 e. The molecule has 0 aliphatic heterocycles. The van der Waals surface area contributed by atoms with Crippen LogP contribution in [0.2, 0.25) is 0 Å². The van der Waals surface area contributed by atoms with Crippen molar-refractivity contribution in [1.29, 1.82) is 0 Å². The van der Waals surface area contributed by atoms with Gasteiger partial charge in [-0.2, -0.15) is 0 Å². The Kier molecular flexibility index (Phi) is 4.15. The van der Waals surface area contributed by atoms with Crippen molar-refractivity contribution in [2.24, 2.45) is 5.73 Å². The van der Waals surface area contributed by atoms with Crippen LogP contribution in [0.15, 0.2) is 34.1 Å². The molecule has 0 saturated carbocycles. The van der Waals surface area contributed by atoms with E-state index in [1.165, 1.54) is 30.4 Å². The second-order valence-corrected chi connectivity index (χ2v) is 7.82. The lowest BCUT2D eigenvalue weighted by Gasteiger charge is -2.22. The molecule has 2 N–H and O–H groups in total. The molecule has 20 heavy (non-hydrogen) atoms. The van der Waals surface area contributed by atoms with E-state index in [0.717, 1.165) is 14.4 Å². The number of benzene rings is 1. The summed E-state index contributed by atoms with van der Waals surface area (Å²) in [6.07, 6.45) is 3.53. The molecule has 2 aromatic rings. The normalized spacial score (nSPS) is 16.8. The molecule has 1 aromatic heterocycles. The fourth-order valence-electron chi connectivity index (χ4n) is 2.67. The van der Waals surface area contributed by atoms with Crippen LogP contribution < -0.4 is 10.5 Å². The van der Waals surface area contributed by atoms with E-state index < -0.39 is 0 Å². The summed E-state index contributed by atoms with van der Waals surface area (Å²) >= 11 is 5.18. The van der Waals surface area contributed by atoms with Gasteiger partial charge in [0.2, 0.25) is 0 Å². The SMILES string of the molecule is CC(N)C(Oc1ccc2c(c1)CCC2)c1ccc(Br)s1. The van der Waals surface area contributed by atoms with Crippen LogP contribution in [0, 0.1) is 0 Å². The van der Waals surface area contributed by atoms with Gasteiger partial charge in [-0.15, -0.1) is 11.3 Å². The molecule has 2 atom stereocenters. The summed E-state index contributed by atoms with van der Waals surface area (Å²) in [5.74, 6) is 0.928. The maximum atomic E-state index is 6.17. The number of rotatable bonds is 4. The Morgan fingerprint density at radius 2 is 2.00 bits per heavy atom. The van der Waals surface area contributed by atoms with E-state index in [4.69, 9.17) is 10.5 Å². The zero-order valence-corrected chi connectivity index (χ0v) is 13.8. The van der Waals surface area contributed by atoms with Crippen molar-refractivity contribution in [1.82, 2.24) is 0 Å². The van der Waals surface area contributed by atoms with Crippen LogP contribution in [-0.2, 0) is 12.8 Å². The van der Waals surface area contributed by atoms with Crippen molar-refractivity contribution in [3.05, 3.63) is 50.1 Å². The first-order valence-corrected chi connectivity index (χ1v) is 8.54. The fourth-order valence-corrected chi connectivity index (χ4v) is 4.24. The van der Waals surface area contributed by atoms with Gasteiger partial charge in [-0.25, -0.2) is 0 Å². The van der Waals surface area contributed by atoms with Crippen molar-refractivity contribution >= 4 is 27.3 Å². The summed E-state index contributed by atoms with van der Waals surface area (Å²) in [6, 6.07) is 10.5. The van der Waals surface area contributed by atoms with E-state index in [-0.39, 0.29) is 12.1 Å². The van der Waals surface area contributed by atoms with Crippen LogP contribution >= 0.6 is 27.3 Å². The summed E-state index contributed by atoms with van der Waals surface area (Å²) < 4.78 is 7.27. The lowest BCUT2D eigenvalue weighted by Crippen LogP contribution is -2.28. The lowest BCUT2D eigenvalue weighted by atomic mass is 10.1. The Morgan fingerprint density at radius 3 is 2.70 bits per heavy atom. The second-order valence-electron chi connectivity index (χ2n) is 5.32. The molecule has 1 aliphatic carbocycles. The van der Waals surface area contributed by atoms with Crippen molar-refractivity contribution in [2.45, 2.75) is 38.3 Å². The highest BCUT2D eigenvalue weighted by Crippen LogP contribution is 2.33. The number of hydrogen-bond acceptors (Lipinski definition) is 3. The minimum Gasteiger partial charge on any atom is -0.483 e. The monoisotopic (exact) mass is 351 g/mol. The van der Waals surface area contributed by atoms with Crippen molar-refractivity contribution in [3.63, 3.8) is 0 Å². The molecule has 0 saturated heterocycles. The van der Waals surface area contributed by atoms with Crippen LogP contribution in [0.4, 0.5) is 0 Å². The number of fused-ring (bicyclic) bond motifs is 1. The zero-order valence-electron chi connectivity index (χ0n) is 11.4. The first kappa shape index (κ1) is 14.1. The van der Waals surface area contributed by atoms with E-state index >= 15 is 0 Å². The average Bonchev–Trinajstić information content (AvgIpc) is 3.03. The molecule has 1 heterocycles.